The van der Waals surface area contributed by atoms with Crippen LogP contribution in [0.1, 0.15) is 18.9 Å². The van der Waals surface area contributed by atoms with E-state index < -0.39 is 0 Å². The summed E-state index contributed by atoms with van der Waals surface area (Å²) in [6, 6.07) is 3.84. The summed E-state index contributed by atoms with van der Waals surface area (Å²) < 4.78 is 17.2. The number of hydrogen-bond donors (Lipinski definition) is 1. The molecule has 1 N–H and O–H groups in total. The quantitative estimate of drug-likeness (QED) is 0.568. The molecule has 0 amide bonds. The lowest BCUT2D eigenvalue weighted by Crippen LogP contribution is -2.15. The highest BCUT2D eigenvalue weighted by molar-refractivity contribution is 14.1. The highest BCUT2D eigenvalue weighted by Crippen LogP contribution is 2.31. The number of rotatable bonds is 1. The number of imidazole rings is 1. The molecule has 0 atom stereocenters. The fraction of sp³-hybridized carbons (Fsp3) is 0.417. The molecule has 0 radical (unpaired) electrons. The molecule has 2 heterocycles. The molecule has 0 spiro atoms. The molecule has 1 aromatic carbocycles. The molecule has 0 saturated carbocycles. The Bertz CT molecular complexity index is 643. The minimum atomic E-state index is -0.170. The number of thioether (sulfide) groups is 1. The molecule has 6 heteroatoms. The number of nitrogens with zero attached hydrogens (tertiary/aromatic N) is 1. The monoisotopic (exact) mass is 394 g/mol. The van der Waals surface area contributed by atoms with Crippen LogP contribution in [0.5, 0.6) is 0 Å². The smallest absolute Gasteiger partial charge is 0.178 e. The van der Waals surface area contributed by atoms with E-state index in [2.05, 4.69) is 9.55 Å². The number of fused-ring (bicyclic) bond motifs is 1. The minimum absolute atomic E-state index is 0.170. The van der Waals surface area contributed by atoms with Crippen LogP contribution in [-0.4, -0.2) is 21.1 Å². The summed E-state index contributed by atoms with van der Waals surface area (Å²) in [4.78, 5) is 3.19. The van der Waals surface area contributed by atoms with Crippen LogP contribution < -0.4 is 0 Å². The summed E-state index contributed by atoms with van der Waals surface area (Å²) in [6.45, 7) is 0. The maximum Gasteiger partial charge on any atom is 0.178 e. The SMILES string of the molecule is Fc1cc2c(cc1I)[nH]c(=S)n2C1CCSCC1. The van der Waals surface area contributed by atoms with Crippen molar-refractivity contribution in [2.75, 3.05) is 11.5 Å². The Balaban J connectivity index is 2.18. The molecule has 2 nitrogen and oxygen atoms in total. The molecule has 18 heavy (non-hydrogen) atoms. The molecule has 0 unspecified atom stereocenters. The van der Waals surface area contributed by atoms with Crippen molar-refractivity contribution in [3.05, 3.63) is 26.3 Å². The Kier molecular flexibility index (Phi) is 3.68. The van der Waals surface area contributed by atoms with E-state index in [1.165, 1.54) is 0 Å². The number of benzene rings is 1. The van der Waals surface area contributed by atoms with Gasteiger partial charge in [0.2, 0.25) is 0 Å². The van der Waals surface area contributed by atoms with Gasteiger partial charge in [-0.05, 0) is 65.2 Å². The number of H-pyrrole nitrogens is 1. The molecular weight excluding hydrogens is 382 g/mol. The zero-order chi connectivity index (χ0) is 12.7. The van der Waals surface area contributed by atoms with Gasteiger partial charge >= 0.3 is 0 Å². The highest BCUT2D eigenvalue weighted by Gasteiger charge is 2.19. The summed E-state index contributed by atoms with van der Waals surface area (Å²) in [5.74, 6) is 2.15. The van der Waals surface area contributed by atoms with E-state index in [0.29, 0.717) is 14.4 Å². The summed E-state index contributed by atoms with van der Waals surface area (Å²) in [5.41, 5.74) is 1.83. The van der Waals surface area contributed by atoms with Crippen LogP contribution in [0.15, 0.2) is 12.1 Å². The maximum absolute atomic E-state index is 13.7. The molecular formula is C12H12FIN2S2. The lowest BCUT2D eigenvalue weighted by molar-refractivity contribution is 0.475. The van der Waals surface area contributed by atoms with Gasteiger partial charge in [-0.15, -0.1) is 0 Å². The molecule has 96 valence electrons. The molecule has 1 fully saturated rings. The third-order valence-electron chi connectivity index (χ3n) is 3.31. The Labute approximate surface area is 127 Å². The Morgan fingerprint density at radius 3 is 2.83 bits per heavy atom. The van der Waals surface area contributed by atoms with Crippen LogP contribution in [0, 0.1) is 14.2 Å². The first kappa shape index (κ1) is 12.9. The maximum atomic E-state index is 13.7. The topological polar surface area (TPSA) is 20.7 Å². The van der Waals surface area contributed by atoms with Gasteiger partial charge in [-0.1, -0.05) is 0 Å². The van der Waals surface area contributed by atoms with Crippen molar-refractivity contribution in [3.8, 4) is 0 Å². The normalized spacial score (nSPS) is 17.4. The Morgan fingerprint density at radius 2 is 2.11 bits per heavy atom. The van der Waals surface area contributed by atoms with Gasteiger partial charge in [0.25, 0.3) is 0 Å². The predicted octanol–water partition coefficient (Wildman–Crippen LogP) is 4.51. The lowest BCUT2D eigenvalue weighted by Gasteiger charge is -2.23. The average Bonchev–Trinajstić information content (AvgIpc) is 2.66. The van der Waals surface area contributed by atoms with Crippen molar-refractivity contribution < 1.29 is 4.39 Å². The van der Waals surface area contributed by atoms with E-state index in [4.69, 9.17) is 12.2 Å². The van der Waals surface area contributed by atoms with Crippen LogP contribution in [0.2, 0.25) is 0 Å². The number of aromatic nitrogens is 2. The van der Waals surface area contributed by atoms with Crippen molar-refractivity contribution >= 4 is 57.6 Å². The van der Waals surface area contributed by atoms with Gasteiger partial charge in [0.15, 0.2) is 4.77 Å². The van der Waals surface area contributed by atoms with Gasteiger partial charge < -0.3 is 9.55 Å². The van der Waals surface area contributed by atoms with E-state index in [9.17, 15) is 4.39 Å². The summed E-state index contributed by atoms with van der Waals surface area (Å²) in [7, 11) is 0. The summed E-state index contributed by atoms with van der Waals surface area (Å²) >= 11 is 9.38. The number of hydrogen-bond acceptors (Lipinski definition) is 2. The summed E-state index contributed by atoms with van der Waals surface area (Å²) in [5, 5.41) is 0. The van der Waals surface area contributed by atoms with Gasteiger partial charge in [-0.3, -0.25) is 0 Å². The van der Waals surface area contributed by atoms with E-state index in [0.717, 1.165) is 35.4 Å². The molecule has 1 aliphatic heterocycles. The molecule has 0 aliphatic carbocycles. The third-order valence-corrected chi connectivity index (χ3v) is 5.49. The fourth-order valence-corrected chi connectivity index (χ4v) is 4.33. The van der Waals surface area contributed by atoms with E-state index in [1.54, 1.807) is 6.07 Å². The molecule has 3 rings (SSSR count). The van der Waals surface area contributed by atoms with Crippen LogP contribution in [-0.2, 0) is 0 Å². The van der Waals surface area contributed by atoms with Crippen molar-refractivity contribution in [2.45, 2.75) is 18.9 Å². The first-order chi connectivity index (χ1) is 8.66. The van der Waals surface area contributed by atoms with Crippen molar-refractivity contribution in [1.29, 1.82) is 0 Å². The number of nitrogens with one attached hydrogen (secondary N) is 1. The third kappa shape index (κ3) is 2.22. The van der Waals surface area contributed by atoms with E-state index >= 15 is 0 Å². The highest BCUT2D eigenvalue weighted by atomic mass is 127. The van der Waals surface area contributed by atoms with Gasteiger partial charge in [-0.2, -0.15) is 11.8 Å². The summed E-state index contributed by atoms with van der Waals surface area (Å²) in [6.07, 6.45) is 2.22. The lowest BCUT2D eigenvalue weighted by atomic mass is 10.1. The second kappa shape index (κ2) is 5.13. The number of halogens is 2. The average molecular weight is 394 g/mol. The van der Waals surface area contributed by atoms with Crippen LogP contribution in [0.3, 0.4) is 0 Å². The van der Waals surface area contributed by atoms with Crippen LogP contribution in [0.25, 0.3) is 11.0 Å². The van der Waals surface area contributed by atoms with Gasteiger partial charge in [0.1, 0.15) is 5.82 Å². The molecule has 1 aliphatic rings. The van der Waals surface area contributed by atoms with E-state index in [-0.39, 0.29) is 5.82 Å². The van der Waals surface area contributed by atoms with Gasteiger partial charge in [0, 0.05) is 12.1 Å². The largest absolute Gasteiger partial charge is 0.331 e. The van der Waals surface area contributed by atoms with Crippen molar-refractivity contribution in [1.82, 2.24) is 9.55 Å². The fourth-order valence-electron chi connectivity index (χ4n) is 2.43. The standard InChI is InChI=1S/C12H12FIN2S2/c13-8-5-11-10(6-9(8)14)15-12(17)16(11)7-1-3-18-4-2-7/h5-7H,1-4H2,(H,15,17). The molecule has 2 aromatic rings. The Morgan fingerprint density at radius 1 is 1.39 bits per heavy atom. The number of aromatic amines is 1. The van der Waals surface area contributed by atoms with Crippen molar-refractivity contribution in [2.24, 2.45) is 0 Å². The van der Waals surface area contributed by atoms with Crippen LogP contribution >= 0.6 is 46.6 Å². The predicted molar refractivity (Wildman–Crippen MR) is 85.4 cm³/mol. The second-order valence-electron chi connectivity index (χ2n) is 4.43. The second-order valence-corrected chi connectivity index (χ2v) is 7.20. The van der Waals surface area contributed by atoms with Gasteiger partial charge in [-0.25, -0.2) is 4.39 Å². The zero-order valence-electron chi connectivity index (χ0n) is 9.58. The van der Waals surface area contributed by atoms with Crippen LogP contribution in [0.4, 0.5) is 4.39 Å². The Hall–Kier alpha value is -0.0800. The minimum Gasteiger partial charge on any atom is -0.331 e. The molecule has 0 bridgehead atoms. The first-order valence-corrected chi connectivity index (χ1v) is 8.48. The molecule has 1 aromatic heterocycles. The molecule has 1 saturated heterocycles. The zero-order valence-corrected chi connectivity index (χ0v) is 13.4. The van der Waals surface area contributed by atoms with E-state index in [1.807, 2.05) is 40.4 Å². The first-order valence-electron chi connectivity index (χ1n) is 5.84. The van der Waals surface area contributed by atoms with Crippen molar-refractivity contribution in [3.63, 3.8) is 0 Å². The van der Waals surface area contributed by atoms with Gasteiger partial charge in [0.05, 0.1) is 14.6 Å².